The Morgan fingerprint density at radius 3 is 2.67 bits per heavy atom. The fourth-order valence-electron chi connectivity index (χ4n) is 2.98. The van der Waals surface area contributed by atoms with Crippen molar-refractivity contribution in [3.05, 3.63) is 33.8 Å². The number of benzene rings is 1. The lowest BCUT2D eigenvalue weighted by Crippen LogP contribution is -2.14. The second-order valence-corrected chi connectivity index (χ2v) is 6.57. The van der Waals surface area contributed by atoms with Crippen molar-refractivity contribution in [2.75, 3.05) is 0 Å². The van der Waals surface area contributed by atoms with Crippen LogP contribution >= 0.6 is 15.9 Å². The summed E-state index contributed by atoms with van der Waals surface area (Å²) in [6.45, 7) is 2.11. The van der Waals surface area contributed by atoms with Crippen molar-refractivity contribution in [1.82, 2.24) is 0 Å². The maximum absolute atomic E-state index is 6.33. The highest BCUT2D eigenvalue weighted by Gasteiger charge is 2.16. The van der Waals surface area contributed by atoms with E-state index in [1.807, 2.05) is 0 Å². The molecule has 0 spiro atoms. The molecule has 2 N–H and O–H groups in total. The number of halogens is 1. The summed E-state index contributed by atoms with van der Waals surface area (Å²) >= 11 is 3.63. The molecule has 0 aliphatic heterocycles. The Bertz CT molecular complexity index is 383. The molecule has 1 aliphatic rings. The molecular formula is C16H24BrN. The molecule has 2 rings (SSSR count). The van der Waals surface area contributed by atoms with Gasteiger partial charge in [-0.2, -0.15) is 0 Å². The van der Waals surface area contributed by atoms with Crippen molar-refractivity contribution in [1.29, 1.82) is 0 Å². The van der Waals surface area contributed by atoms with E-state index in [1.165, 1.54) is 54.1 Å². The van der Waals surface area contributed by atoms with E-state index in [0.717, 1.165) is 12.3 Å². The Morgan fingerprint density at radius 1 is 1.28 bits per heavy atom. The molecule has 1 aromatic rings. The molecule has 1 saturated carbocycles. The number of nitrogens with two attached hydrogens (primary N) is 1. The Balaban J connectivity index is 1.88. The fourth-order valence-corrected chi connectivity index (χ4v) is 3.77. The van der Waals surface area contributed by atoms with Gasteiger partial charge in [-0.1, -0.05) is 60.2 Å². The summed E-state index contributed by atoms with van der Waals surface area (Å²) < 4.78 is 1.17. The third kappa shape index (κ3) is 3.83. The molecule has 1 fully saturated rings. The van der Waals surface area contributed by atoms with Crippen molar-refractivity contribution in [3.8, 4) is 0 Å². The number of hydrogen-bond donors (Lipinski definition) is 1. The monoisotopic (exact) mass is 309 g/mol. The van der Waals surface area contributed by atoms with Gasteiger partial charge in [0, 0.05) is 10.5 Å². The maximum Gasteiger partial charge on any atom is 0.0306 e. The Labute approximate surface area is 119 Å². The predicted octanol–water partition coefficient (Wildman–Crippen LogP) is 5.12. The molecule has 1 aromatic carbocycles. The van der Waals surface area contributed by atoms with Gasteiger partial charge >= 0.3 is 0 Å². The summed E-state index contributed by atoms with van der Waals surface area (Å²) in [5.74, 6) is 0.925. The van der Waals surface area contributed by atoms with Gasteiger partial charge in [-0.25, -0.2) is 0 Å². The van der Waals surface area contributed by atoms with Gasteiger partial charge in [0.1, 0.15) is 0 Å². The SMILES string of the molecule is Cc1ccc(C(N)CCC2CCCCC2)c(Br)c1. The molecule has 1 aliphatic carbocycles. The molecule has 100 valence electrons. The van der Waals surface area contributed by atoms with Gasteiger partial charge in [0.25, 0.3) is 0 Å². The largest absolute Gasteiger partial charge is 0.324 e. The predicted molar refractivity (Wildman–Crippen MR) is 81.6 cm³/mol. The van der Waals surface area contributed by atoms with E-state index in [-0.39, 0.29) is 6.04 Å². The first-order valence-corrected chi connectivity index (χ1v) is 7.98. The van der Waals surface area contributed by atoms with Crippen LogP contribution in [0.15, 0.2) is 22.7 Å². The lowest BCUT2D eigenvalue weighted by atomic mass is 9.84. The van der Waals surface area contributed by atoms with Gasteiger partial charge in [0.15, 0.2) is 0 Å². The summed E-state index contributed by atoms with van der Waals surface area (Å²) in [7, 11) is 0. The van der Waals surface area contributed by atoms with Crippen molar-refractivity contribution < 1.29 is 0 Å². The molecule has 0 aromatic heterocycles. The molecule has 1 unspecified atom stereocenters. The minimum Gasteiger partial charge on any atom is -0.324 e. The van der Waals surface area contributed by atoms with Crippen molar-refractivity contribution in [3.63, 3.8) is 0 Å². The Kier molecular flexibility index (Phi) is 5.25. The minimum absolute atomic E-state index is 0.182. The smallest absolute Gasteiger partial charge is 0.0306 e. The molecule has 18 heavy (non-hydrogen) atoms. The third-order valence-corrected chi connectivity index (χ3v) is 4.85. The van der Waals surface area contributed by atoms with E-state index < -0.39 is 0 Å². The van der Waals surface area contributed by atoms with Gasteiger partial charge in [-0.05, 0) is 42.9 Å². The Hall–Kier alpha value is -0.340. The fraction of sp³-hybridized carbons (Fsp3) is 0.625. The van der Waals surface area contributed by atoms with Gasteiger partial charge < -0.3 is 5.73 Å². The lowest BCUT2D eigenvalue weighted by Gasteiger charge is -2.23. The molecule has 1 atom stereocenters. The molecule has 1 nitrogen and oxygen atoms in total. The zero-order valence-electron chi connectivity index (χ0n) is 11.3. The normalized spacial score (nSPS) is 18.8. The zero-order chi connectivity index (χ0) is 13.0. The van der Waals surface area contributed by atoms with Gasteiger partial charge in [-0.3, -0.25) is 0 Å². The van der Waals surface area contributed by atoms with E-state index in [2.05, 4.69) is 41.1 Å². The number of hydrogen-bond acceptors (Lipinski definition) is 1. The second kappa shape index (κ2) is 6.72. The third-order valence-electron chi connectivity index (χ3n) is 4.17. The molecule has 0 radical (unpaired) electrons. The van der Waals surface area contributed by atoms with Crippen LogP contribution in [0.5, 0.6) is 0 Å². The standard InChI is InChI=1S/C16H24BrN/c1-12-7-9-14(15(17)11-12)16(18)10-8-13-5-3-2-4-6-13/h7,9,11,13,16H,2-6,8,10,18H2,1H3. The topological polar surface area (TPSA) is 26.0 Å². The van der Waals surface area contributed by atoms with Crippen LogP contribution in [0.4, 0.5) is 0 Å². The molecule has 0 bridgehead atoms. The maximum atomic E-state index is 6.33. The highest BCUT2D eigenvalue weighted by molar-refractivity contribution is 9.10. The number of aryl methyl sites for hydroxylation is 1. The van der Waals surface area contributed by atoms with Crippen LogP contribution < -0.4 is 5.73 Å². The molecule has 0 heterocycles. The zero-order valence-corrected chi connectivity index (χ0v) is 12.9. The van der Waals surface area contributed by atoms with Crippen LogP contribution in [-0.4, -0.2) is 0 Å². The quantitative estimate of drug-likeness (QED) is 0.821. The minimum atomic E-state index is 0.182. The van der Waals surface area contributed by atoms with E-state index in [9.17, 15) is 0 Å². The van der Waals surface area contributed by atoms with Crippen molar-refractivity contribution >= 4 is 15.9 Å². The second-order valence-electron chi connectivity index (χ2n) is 5.71. The van der Waals surface area contributed by atoms with Crippen LogP contribution in [0.25, 0.3) is 0 Å². The Morgan fingerprint density at radius 2 is 2.00 bits per heavy atom. The lowest BCUT2D eigenvalue weighted by molar-refractivity contribution is 0.324. The first-order chi connectivity index (χ1) is 8.66. The van der Waals surface area contributed by atoms with Crippen LogP contribution in [0.3, 0.4) is 0 Å². The van der Waals surface area contributed by atoms with E-state index in [4.69, 9.17) is 5.73 Å². The van der Waals surface area contributed by atoms with Crippen LogP contribution in [-0.2, 0) is 0 Å². The van der Waals surface area contributed by atoms with Gasteiger partial charge in [0.2, 0.25) is 0 Å². The van der Waals surface area contributed by atoms with E-state index >= 15 is 0 Å². The van der Waals surface area contributed by atoms with Gasteiger partial charge in [-0.15, -0.1) is 0 Å². The molecule has 0 amide bonds. The van der Waals surface area contributed by atoms with Crippen LogP contribution in [0.2, 0.25) is 0 Å². The average molecular weight is 310 g/mol. The van der Waals surface area contributed by atoms with Crippen LogP contribution in [0, 0.1) is 12.8 Å². The summed E-state index contributed by atoms with van der Waals surface area (Å²) in [5, 5.41) is 0. The van der Waals surface area contributed by atoms with E-state index in [0.29, 0.717) is 0 Å². The summed E-state index contributed by atoms with van der Waals surface area (Å²) in [6.07, 6.45) is 9.53. The van der Waals surface area contributed by atoms with Crippen LogP contribution in [0.1, 0.15) is 62.1 Å². The first-order valence-electron chi connectivity index (χ1n) is 7.18. The van der Waals surface area contributed by atoms with Crippen molar-refractivity contribution in [2.24, 2.45) is 11.7 Å². The first kappa shape index (κ1) is 14.1. The average Bonchev–Trinajstić information content (AvgIpc) is 2.37. The van der Waals surface area contributed by atoms with Gasteiger partial charge in [0.05, 0.1) is 0 Å². The highest BCUT2D eigenvalue weighted by atomic mass is 79.9. The summed E-state index contributed by atoms with van der Waals surface area (Å²) in [6, 6.07) is 6.67. The van der Waals surface area contributed by atoms with Crippen molar-refractivity contribution in [2.45, 2.75) is 57.9 Å². The summed E-state index contributed by atoms with van der Waals surface area (Å²) in [5.41, 5.74) is 8.88. The molecule has 0 saturated heterocycles. The number of rotatable bonds is 4. The highest BCUT2D eigenvalue weighted by Crippen LogP contribution is 2.31. The van der Waals surface area contributed by atoms with E-state index in [1.54, 1.807) is 0 Å². The molecular weight excluding hydrogens is 286 g/mol. The summed E-state index contributed by atoms with van der Waals surface area (Å²) in [4.78, 5) is 0. The molecule has 2 heteroatoms.